The molecule has 1 aromatic heterocycles. The molecule has 5 heteroatoms. The van der Waals surface area contributed by atoms with Gasteiger partial charge in [-0.05, 0) is 41.5 Å². The largest absolute Gasteiger partial charge is 0.497 e. The van der Waals surface area contributed by atoms with Crippen molar-refractivity contribution in [3.05, 3.63) is 102 Å². The van der Waals surface area contributed by atoms with Gasteiger partial charge in [-0.15, -0.1) is 11.8 Å². The molecule has 0 saturated heterocycles. The van der Waals surface area contributed by atoms with E-state index in [1.807, 2.05) is 66.7 Å². The number of aromatic nitrogens is 1. The van der Waals surface area contributed by atoms with E-state index in [1.165, 1.54) is 23.9 Å². The Balaban J connectivity index is 1.80. The maximum absolute atomic E-state index is 13.6. The van der Waals surface area contributed by atoms with Gasteiger partial charge in [-0.3, -0.25) is 0 Å². The standard InChI is InChI=1S/C26H19FN2OS/c1-30-22-12-10-19(11-13-22)23-15-25(20-7-3-2-4-8-20)29-26(24(23)16-28)31-17-18-6-5-9-21(27)14-18/h2-15H,17H2,1H3. The van der Waals surface area contributed by atoms with Gasteiger partial charge in [0.25, 0.3) is 0 Å². The van der Waals surface area contributed by atoms with Crippen molar-refractivity contribution in [3.63, 3.8) is 0 Å². The van der Waals surface area contributed by atoms with Gasteiger partial charge in [0.1, 0.15) is 22.7 Å². The molecule has 0 amide bonds. The summed E-state index contributed by atoms with van der Waals surface area (Å²) < 4.78 is 18.8. The van der Waals surface area contributed by atoms with Crippen molar-refractivity contribution >= 4 is 11.8 Å². The Morgan fingerprint density at radius 2 is 1.71 bits per heavy atom. The first-order valence-corrected chi connectivity index (χ1v) is 10.7. The lowest BCUT2D eigenvalue weighted by Gasteiger charge is -2.13. The summed E-state index contributed by atoms with van der Waals surface area (Å²) in [4.78, 5) is 4.79. The molecule has 0 radical (unpaired) electrons. The molecule has 0 aliphatic carbocycles. The molecule has 0 aliphatic rings. The van der Waals surface area contributed by atoms with Crippen molar-refractivity contribution in [3.8, 4) is 34.2 Å². The number of thioether (sulfide) groups is 1. The second-order valence-corrected chi connectivity index (χ2v) is 7.82. The third-order valence-electron chi connectivity index (χ3n) is 4.83. The first-order valence-electron chi connectivity index (χ1n) is 9.70. The van der Waals surface area contributed by atoms with E-state index in [0.29, 0.717) is 16.3 Å². The Hall–Kier alpha value is -3.62. The molecule has 0 aliphatic heterocycles. The number of benzene rings is 3. The Bertz CT molecular complexity index is 1230. The lowest BCUT2D eigenvalue weighted by atomic mass is 9.99. The Morgan fingerprint density at radius 3 is 2.39 bits per heavy atom. The van der Waals surface area contributed by atoms with E-state index < -0.39 is 0 Å². The number of ether oxygens (including phenoxy) is 1. The molecule has 4 rings (SSSR count). The third-order valence-corrected chi connectivity index (χ3v) is 5.88. The molecular weight excluding hydrogens is 407 g/mol. The summed E-state index contributed by atoms with van der Waals surface area (Å²) in [5, 5.41) is 10.6. The molecule has 3 aromatic carbocycles. The fraction of sp³-hybridized carbons (Fsp3) is 0.0769. The summed E-state index contributed by atoms with van der Waals surface area (Å²) >= 11 is 1.43. The minimum absolute atomic E-state index is 0.275. The maximum Gasteiger partial charge on any atom is 0.123 e. The normalized spacial score (nSPS) is 10.5. The molecule has 152 valence electrons. The number of hydrogen-bond acceptors (Lipinski definition) is 4. The fourth-order valence-electron chi connectivity index (χ4n) is 3.27. The van der Waals surface area contributed by atoms with Crippen LogP contribution in [0.3, 0.4) is 0 Å². The SMILES string of the molecule is COc1ccc(-c2cc(-c3ccccc3)nc(SCc3cccc(F)c3)c2C#N)cc1. The van der Waals surface area contributed by atoms with E-state index in [9.17, 15) is 9.65 Å². The summed E-state index contributed by atoms with van der Waals surface area (Å²) in [6.45, 7) is 0. The lowest BCUT2D eigenvalue weighted by molar-refractivity contribution is 0.415. The van der Waals surface area contributed by atoms with Gasteiger partial charge in [0, 0.05) is 16.9 Å². The van der Waals surface area contributed by atoms with Crippen LogP contribution in [0.15, 0.2) is 90.0 Å². The van der Waals surface area contributed by atoms with Crippen LogP contribution in [0.25, 0.3) is 22.4 Å². The van der Waals surface area contributed by atoms with Crippen LogP contribution in [0.2, 0.25) is 0 Å². The summed E-state index contributed by atoms with van der Waals surface area (Å²) in [5.74, 6) is 0.989. The zero-order chi connectivity index (χ0) is 21.6. The number of methoxy groups -OCH3 is 1. The summed E-state index contributed by atoms with van der Waals surface area (Å²) in [7, 11) is 1.62. The number of nitrogens with zero attached hydrogens (tertiary/aromatic N) is 2. The second-order valence-electron chi connectivity index (χ2n) is 6.86. The van der Waals surface area contributed by atoms with Crippen LogP contribution in [0.5, 0.6) is 5.75 Å². The molecule has 1 heterocycles. The zero-order valence-electron chi connectivity index (χ0n) is 16.9. The number of halogens is 1. The molecule has 0 saturated carbocycles. The highest BCUT2D eigenvalue weighted by Crippen LogP contribution is 2.35. The monoisotopic (exact) mass is 426 g/mol. The highest BCUT2D eigenvalue weighted by Gasteiger charge is 2.16. The predicted molar refractivity (Wildman–Crippen MR) is 122 cm³/mol. The first-order chi connectivity index (χ1) is 15.2. The number of pyridine rings is 1. The Morgan fingerprint density at radius 1 is 0.935 bits per heavy atom. The van der Waals surface area contributed by atoms with E-state index in [1.54, 1.807) is 13.2 Å². The minimum Gasteiger partial charge on any atom is -0.497 e. The molecule has 0 unspecified atom stereocenters. The fourth-order valence-corrected chi connectivity index (χ4v) is 4.21. The van der Waals surface area contributed by atoms with Gasteiger partial charge in [0.05, 0.1) is 18.4 Å². The van der Waals surface area contributed by atoms with Crippen molar-refractivity contribution in [2.75, 3.05) is 7.11 Å². The van der Waals surface area contributed by atoms with Gasteiger partial charge in [-0.25, -0.2) is 9.37 Å². The van der Waals surface area contributed by atoms with Crippen LogP contribution in [0.1, 0.15) is 11.1 Å². The van der Waals surface area contributed by atoms with Crippen LogP contribution in [-0.2, 0) is 5.75 Å². The summed E-state index contributed by atoms with van der Waals surface area (Å²) in [6.07, 6.45) is 0. The lowest BCUT2D eigenvalue weighted by Crippen LogP contribution is -1.96. The third kappa shape index (κ3) is 4.76. The zero-order valence-corrected chi connectivity index (χ0v) is 17.7. The van der Waals surface area contributed by atoms with Gasteiger partial charge >= 0.3 is 0 Å². The van der Waals surface area contributed by atoms with Crippen molar-refractivity contribution in [2.24, 2.45) is 0 Å². The maximum atomic E-state index is 13.6. The van der Waals surface area contributed by atoms with E-state index in [0.717, 1.165) is 33.7 Å². The topological polar surface area (TPSA) is 45.9 Å². The molecule has 0 bridgehead atoms. The predicted octanol–water partition coefficient (Wildman–Crippen LogP) is 6.73. The van der Waals surface area contributed by atoms with Gasteiger partial charge in [0.2, 0.25) is 0 Å². The second kappa shape index (κ2) is 9.46. The smallest absolute Gasteiger partial charge is 0.123 e. The summed E-state index contributed by atoms with van der Waals surface area (Å²) in [6, 6.07) is 28.2. The van der Waals surface area contributed by atoms with Gasteiger partial charge in [0.15, 0.2) is 0 Å². The molecular formula is C26H19FN2OS. The van der Waals surface area contributed by atoms with Crippen molar-refractivity contribution in [2.45, 2.75) is 10.8 Å². The van der Waals surface area contributed by atoms with Crippen LogP contribution < -0.4 is 4.74 Å². The van der Waals surface area contributed by atoms with Crippen LogP contribution >= 0.6 is 11.8 Å². The molecule has 31 heavy (non-hydrogen) atoms. The van der Waals surface area contributed by atoms with Crippen LogP contribution in [0.4, 0.5) is 4.39 Å². The molecule has 3 nitrogen and oxygen atoms in total. The van der Waals surface area contributed by atoms with Crippen molar-refractivity contribution in [1.82, 2.24) is 4.98 Å². The van der Waals surface area contributed by atoms with Gasteiger partial charge in [-0.2, -0.15) is 5.26 Å². The van der Waals surface area contributed by atoms with E-state index >= 15 is 0 Å². The molecule has 4 aromatic rings. The van der Waals surface area contributed by atoms with Crippen LogP contribution in [-0.4, -0.2) is 12.1 Å². The van der Waals surface area contributed by atoms with Gasteiger partial charge < -0.3 is 4.74 Å². The molecule has 0 spiro atoms. The number of rotatable bonds is 6. The Labute approximate surface area is 185 Å². The highest BCUT2D eigenvalue weighted by molar-refractivity contribution is 7.98. The van der Waals surface area contributed by atoms with E-state index in [-0.39, 0.29) is 5.82 Å². The molecule has 0 fully saturated rings. The average molecular weight is 427 g/mol. The van der Waals surface area contributed by atoms with Crippen molar-refractivity contribution < 1.29 is 9.13 Å². The van der Waals surface area contributed by atoms with Gasteiger partial charge in [-0.1, -0.05) is 54.6 Å². The van der Waals surface area contributed by atoms with Crippen molar-refractivity contribution in [1.29, 1.82) is 5.26 Å². The first kappa shape index (κ1) is 20.6. The van der Waals surface area contributed by atoms with E-state index in [2.05, 4.69) is 6.07 Å². The number of hydrogen-bond donors (Lipinski definition) is 0. The number of nitriles is 1. The highest BCUT2D eigenvalue weighted by atomic mass is 32.2. The average Bonchev–Trinajstić information content (AvgIpc) is 2.83. The molecule has 0 N–H and O–H groups in total. The van der Waals surface area contributed by atoms with E-state index in [4.69, 9.17) is 9.72 Å². The Kier molecular flexibility index (Phi) is 6.30. The quantitative estimate of drug-likeness (QED) is 0.321. The summed E-state index contributed by atoms with van der Waals surface area (Å²) in [5.41, 5.74) is 4.81. The minimum atomic E-state index is -0.275. The molecule has 0 atom stereocenters. The van der Waals surface area contributed by atoms with Crippen LogP contribution in [0, 0.1) is 17.1 Å².